The molecule has 0 fully saturated rings. The van der Waals surface area contributed by atoms with Crippen LogP contribution in [0.25, 0.3) is 11.3 Å². The van der Waals surface area contributed by atoms with Crippen LogP contribution in [-0.4, -0.2) is 32.5 Å². The highest BCUT2D eigenvalue weighted by Gasteiger charge is 2.32. The van der Waals surface area contributed by atoms with Crippen LogP contribution in [0.15, 0.2) is 36.8 Å². The Bertz CT molecular complexity index is 521. The van der Waals surface area contributed by atoms with Crippen molar-refractivity contribution < 1.29 is 10.2 Å². The lowest BCUT2D eigenvalue weighted by Crippen LogP contribution is -2.25. The first-order valence-electron chi connectivity index (χ1n) is 5.23. The number of aliphatic hydroxyl groups is 2. The van der Waals surface area contributed by atoms with Crippen LogP contribution in [0.3, 0.4) is 0 Å². The molecule has 2 aromatic rings. The zero-order valence-electron chi connectivity index (χ0n) is 8.61. The van der Waals surface area contributed by atoms with Crippen LogP contribution in [0.5, 0.6) is 0 Å². The van der Waals surface area contributed by atoms with E-state index in [4.69, 9.17) is 5.11 Å². The highest BCUT2D eigenvalue weighted by Crippen LogP contribution is 2.40. The smallest absolute Gasteiger partial charge is 0.102 e. The van der Waals surface area contributed by atoms with Crippen LogP contribution < -0.4 is 0 Å². The maximum atomic E-state index is 9.87. The first kappa shape index (κ1) is 9.57. The SMILES string of the molecule is OC[C@H](O)C1c2ccccc2-c2cncn21. The highest BCUT2D eigenvalue weighted by atomic mass is 16.3. The van der Waals surface area contributed by atoms with Crippen LogP contribution in [0.1, 0.15) is 11.6 Å². The van der Waals surface area contributed by atoms with E-state index >= 15 is 0 Å². The zero-order chi connectivity index (χ0) is 11.1. The Labute approximate surface area is 92.8 Å². The van der Waals surface area contributed by atoms with E-state index in [1.54, 1.807) is 12.5 Å². The number of nitrogens with zero attached hydrogens (tertiary/aromatic N) is 2. The van der Waals surface area contributed by atoms with Gasteiger partial charge >= 0.3 is 0 Å². The number of hydrogen-bond acceptors (Lipinski definition) is 3. The van der Waals surface area contributed by atoms with Gasteiger partial charge in [0.2, 0.25) is 0 Å². The van der Waals surface area contributed by atoms with Gasteiger partial charge in [-0.3, -0.25) is 0 Å². The average molecular weight is 216 g/mol. The van der Waals surface area contributed by atoms with Gasteiger partial charge in [-0.1, -0.05) is 24.3 Å². The summed E-state index contributed by atoms with van der Waals surface area (Å²) >= 11 is 0. The summed E-state index contributed by atoms with van der Waals surface area (Å²) < 4.78 is 1.91. The molecule has 16 heavy (non-hydrogen) atoms. The van der Waals surface area contributed by atoms with Crippen molar-refractivity contribution in [2.75, 3.05) is 6.61 Å². The maximum absolute atomic E-state index is 9.87. The molecule has 0 bridgehead atoms. The number of aromatic nitrogens is 2. The molecule has 0 saturated carbocycles. The van der Waals surface area contributed by atoms with E-state index in [1.807, 2.05) is 28.8 Å². The predicted octanol–water partition coefficient (Wildman–Crippen LogP) is 0.806. The van der Waals surface area contributed by atoms with Crippen molar-refractivity contribution in [2.45, 2.75) is 12.1 Å². The molecule has 0 aliphatic carbocycles. The molecule has 4 heteroatoms. The molecule has 2 atom stereocenters. The van der Waals surface area contributed by atoms with E-state index in [0.717, 1.165) is 16.8 Å². The monoisotopic (exact) mass is 216 g/mol. The molecular formula is C12H12N2O2. The van der Waals surface area contributed by atoms with Crippen molar-refractivity contribution in [3.8, 4) is 11.3 Å². The second-order valence-electron chi connectivity index (χ2n) is 3.97. The largest absolute Gasteiger partial charge is 0.394 e. The standard InChI is InChI=1S/C12H12N2O2/c15-6-11(16)12-9-4-2-1-3-8(9)10-5-13-7-14(10)12/h1-5,7,11-12,15-16H,6H2/t11-,12?/m0/s1. The van der Waals surface area contributed by atoms with Crippen LogP contribution in [0.4, 0.5) is 0 Å². The van der Waals surface area contributed by atoms with Crippen molar-refractivity contribution >= 4 is 0 Å². The van der Waals surface area contributed by atoms with E-state index in [1.165, 1.54) is 0 Å². The average Bonchev–Trinajstić information content (AvgIpc) is 2.87. The minimum Gasteiger partial charge on any atom is -0.394 e. The van der Waals surface area contributed by atoms with Crippen molar-refractivity contribution in [1.29, 1.82) is 0 Å². The fourth-order valence-corrected chi connectivity index (χ4v) is 2.37. The molecule has 0 spiro atoms. The summed E-state index contributed by atoms with van der Waals surface area (Å²) in [5.41, 5.74) is 3.12. The van der Waals surface area contributed by atoms with Gasteiger partial charge in [0, 0.05) is 5.56 Å². The summed E-state index contributed by atoms with van der Waals surface area (Å²) in [5.74, 6) is 0. The molecule has 0 saturated heterocycles. The molecule has 1 unspecified atom stereocenters. The minimum atomic E-state index is -0.795. The summed E-state index contributed by atoms with van der Waals surface area (Å²) in [6.45, 7) is -0.253. The van der Waals surface area contributed by atoms with Gasteiger partial charge in [-0.15, -0.1) is 0 Å². The van der Waals surface area contributed by atoms with Crippen molar-refractivity contribution in [3.05, 3.63) is 42.4 Å². The fourth-order valence-electron chi connectivity index (χ4n) is 2.37. The molecule has 1 aliphatic heterocycles. The lowest BCUT2D eigenvalue weighted by atomic mass is 10.00. The highest BCUT2D eigenvalue weighted by molar-refractivity contribution is 5.69. The Kier molecular flexibility index (Phi) is 2.05. The third-order valence-corrected chi connectivity index (χ3v) is 3.07. The van der Waals surface area contributed by atoms with Crippen LogP contribution in [0.2, 0.25) is 0 Å². The van der Waals surface area contributed by atoms with E-state index in [9.17, 15) is 5.11 Å². The van der Waals surface area contributed by atoms with Gasteiger partial charge in [0.05, 0.1) is 30.9 Å². The van der Waals surface area contributed by atoms with Gasteiger partial charge in [-0.2, -0.15) is 0 Å². The number of aliphatic hydroxyl groups excluding tert-OH is 2. The Hall–Kier alpha value is -1.65. The number of hydrogen-bond donors (Lipinski definition) is 2. The van der Waals surface area contributed by atoms with Gasteiger partial charge in [0.25, 0.3) is 0 Å². The topological polar surface area (TPSA) is 58.3 Å². The van der Waals surface area contributed by atoms with E-state index in [-0.39, 0.29) is 12.6 Å². The van der Waals surface area contributed by atoms with Gasteiger partial charge in [0.15, 0.2) is 0 Å². The molecule has 2 heterocycles. The summed E-state index contributed by atoms with van der Waals surface area (Å²) in [5, 5.41) is 19.0. The van der Waals surface area contributed by atoms with Crippen LogP contribution in [-0.2, 0) is 0 Å². The van der Waals surface area contributed by atoms with Crippen LogP contribution >= 0.6 is 0 Å². The van der Waals surface area contributed by atoms with Crippen molar-refractivity contribution in [3.63, 3.8) is 0 Å². The number of benzene rings is 1. The first-order chi connectivity index (χ1) is 7.83. The van der Waals surface area contributed by atoms with E-state index in [2.05, 4.69) is 4.98 Å². The third-order valence-electron chi connectivity index (χ3n) is 3.07. The molecule has 0 amide bonds. The quantitative estimate of drug-likeness (QED) is 0.781. The normalized spacial score (nSPS) is 19.2. The predicted molar refractivity (Wildman–Crippen MR) is 58.9 cm³/mol. The number of rotatable bonds is 2. The summed E-state index contributed by atoms with van der Waals surface area (Å²) in [7, 11) is 0. The molecule has 1 aromatic carbocycles. The van der Waals surface area contributed by atoms with E-state index < -0.39 is 6.10 Å². The molecule has 2 N–H and O–H groups in total. The van der Waals surface area contributed by atoms with Crippen molar-refractivity contribution in [1.82, 2.24) is 9.55 Å². The number of imidazole rings is 1. The third kappa shape index (κ3) is 1.14. The fraction of sp³-hybridized carbons (Fsp3) is 0.250. The van der Waals surface area contributed by atoms with Gasteiger partial charge < -0.3 is 14.8 Å². The zero-order valence-corrected chi connectivity index (χ0v) is 8.61. The molecular weight excluding hydrogens is 204 g/mol. The Morgan fingerprint density at radius 2 is 2.19 bits per heavy atom. The summed E-state index contributed by atoms with van der Waals surface area (Å²) in [6.07, 6.45) is 2.68. The molecule has 1 aliphatic rings. The lowest BCUT2D eigenvalue weighted by Gasteiger charge is -2.19. The van der Waals surface area contributed by atoms with Gasteiger partial charge in [-0.05, 0) is 5.56 Å². The Balaban J connectivity index is 2.21. The summed E-state index contributed by atoms with van der Waals surface area (Å²) in [6, 6.07) is 7.66. The molecule has 82 valence electrons. The van der Waals surface area contributed by atoms with Crippen molar-refractivity contribution in [2.24, 2.45) is 0 Å². The Morgan fingerprint density at radius 3 is 3.00 bits per heavy atom. The Morgan fingerprint density at radius 1 is 1.38 bits per heavy atom. The van der Waals surface area contributed by atoms with E-state index in [0.29, 0.717) is 0 Å². The minimum absolute atomic E-state index is 0.223. The molecule has 0 radical (unpaired) electrons. The molecule has 4 nitrogen and oxygen atoms in total. The number of fused-ring (bicyclic) bond motifs is 3. The van der Waals surface area contributed by atoms with Gasteiger partial charge in [-0.25, -0.2) is 4.98 Å². The second kappa shape index (κ2) is 3.43. The summed E-state index contributed by atoms with van der Waals surface area (Å²) in [4.78, 5) is 4.08. The molecule has 3 rings (SSSR count). The van der Waals surface area contributed by atoms with Gasteiger partial charge in [0.1, 0.15) is 6.10 Å². The second-order valence-corrected chi connectivity index (χ2v) is 3.97. The molecule has 1 aromatic heterocycles. The first-order valence-corrected chi connectivity index (χ1v) is 5.23. The van der Waals surface area contributed by atoms with Crippen LogP contribution in [0, 0.1) is 0 Å². The lowest BCUT2D eigenvalue weighted by molar-refractivity contribution is 0.0663. The maximum Gasteiger partial charge on any atom is 0.102 e.